The molecule has 0 fully saturated rings. The summed E-state index contributed by atoms with van der Waals surface area (Å²) in [4.78, 5) is 7.02. The van der Waals surface area contributed by atoms with Gasteiger partial charge in [-0.1, -0.05) is 41.7 Å². The fourth-order valence-electron chi connectivity index (χ4n) is 1.74. The summed E-state index contributed by atoms with van der Waals surface area (Å²) in [6, 6.07) is 13.4. The number of thiazole rings is 1. The van der Waals surface area contributed by atoms with Crippen LogP contribution in [-0.2, 0) is 0 Å². The molecule has 0 atom stereocenters. The van der Waals surface area contributed by atoms with Crippen molar-refractivity contribution in [3.05, 3.63) is 52.5 Å². The fraction of sp³-hybridized carbons (Fsp3) is 0.133. The summed E-state index contributed by atoms with van der Waals surface area (Å²) in [6.45, 7) is 0. The third kappa shape index (κ3) is 2.69. The molecule has 4 nitrogen and oxygen atoms in total. The van der Waals surface area contributed by atoms with E-state index in [1.165, 1.54) is 11.3 Å². The van der Waals surface area contributed by atoms with Crippen molar-refractivity contribution in [2.75, 3.05) is 19.0 Å². The first-order valence-electron chi connectivity index (χ1n) is 5.90. The van der Waals surface area contributed by atoms with Crippen LogP contribution in [0.15, 0.2) is 42.1 Å². The van der Waals surface area contributed by atoms with E-state index in [-0.39, 0.29) is 5.57 Å². The van der Waals surface area contributed by atoms with Crippen molar-refractivity contribution in [3.8, 4) is 12.1 Å². The van der Waals surface area contributed by atoms with E-state index in [1.807, 2.05) is 61.5 Å². The number of rotatable bonds is 3. The van der Waals surface area contributed by atoms with Crippen LogP contribution in [0.25, 0.3) is 5.57 Å². The Morgan fingerprint density at radius 2 is 1.80 bits per heavy atom. The summed E-state index contributed by atoms with van der Waals surface area (Å²) in [5, 5.41) is 19.2. The molecule has 0 spiro atoms. The summed E-state index contributed by atoms with van der Waals surface area (Å²) in [5.41, 5.74) is 1.59. The predicted octanol–water partition coefficient (Wildman–Crippen LogP) is 3.06. The lowest BCUT2D eigenvalue weighted by atomic mass is 10.0. The molecule has 0 aliphatic heterocycles. The van der Waals surface area contributed by atoms with E-state index in [4.69, 9.17) is 0 Å². The van der Waals surface area contributed by atoms with Gasteiger partial charge in [-0.05, 0) is 5.56 Å². The molecule has 98 valence electrons. The number of hydrogen-bond acceptors (Lipinski definition) is 5. The van der Waals surface area contributed by atoms with Gasteiger partial charge in [-0.25, -0.2) is 4.98 Å². The van der Waals surface area contributed by atoms with Crippen molar-refractivity contribution in [2.24, 2.45) is 0 Å². The Hall–Kier alpha value is -2.63. The molecule has 20 heavy (non-hydrogen) atoms. The molecule has 2 aromatic rings. The van der Waals surface area contributed by atoms with Gasteiger partial charge in [0.2, 0.25) is 0 Å². The lowest BCUT2D eigenvalue weighted by Crippen LogP contribution is -2.07. The number of nitriles is 2. The second kappa shape index (κ2) is 6.01. The summed E-state index contributed by atoms with van der Waals surface area (Å²) in [6.07, 6.45) is 1.71. The first-order chi connectivity index (χ1) is 9.67. The molecule has 0 aliphatic carbocycles. The van der Waals surface area contributed by atoms with Crippen LogP contribution in [0, 0.1) is 22.7 Å². The smallest absolute Gasteiger partial charge is 0.185 e. The summed E-state index contributed by atoms with van der Waals surface area (Å²) < 4.78 is 0. The standard InChI is InChI=1S/C15H12N4S/c1-19(2)15-18-10-13(20-15)14(12(8-16)9-17)11-6-4-3-5-7-11/h3-7,10H,1-2H3. The molecule has 0 N–H and O–H groups in total. The zero-order valence-electron chi connectivity index (χ0n) is 11.2. The number of hydrogen-bond donors (Lipinski definition) is 0. The van der Waals surface area contributed by atoms with Gasteiger partial charge < -0.3 is 4.90 Å². The van der Waals surface area contributed by atoms with E-state index in [0.29, 0.717) is 5.57 Å². The Labute approximate surface area is 121 Å². The van der Waals surface area contributed by atoms with Crippen molar-refractivity contribution in [1.29, 1.82) is 10.5 Å². The Bertz CT molecular complexity index is 698. The molecule has 0 unspecified atom stereocenters. The number of anilines is 1. The lowest BCUT2D eigenvalue weighted by Gasteiger charge is -2.07. The van der Waals surface area contributed by atoms with Crippen molar-refractivity contribution in [3.63, 3.8) is 0 Å². The minimum Gasteiger partial charge on any atom is -0.354 e. The highest BCUT2D eigenvalue weighted by Gasteiger charge is 2.15. The lowest BCUT2D eigenvalue weighted by molar-refractivity contribution is 1.10. The van der Waals surface area contributed by atoms with Crippen LogP contribution in [0.5, 0.6) is 0 Å². The van der Waals surface area contributed by atoms with E-state index < -0.39 is 0 Å². The Morgan fingerprint density at radius 1 is 1.15 bits per heavy atom. The van der Waals surface area contributed by atoms with E-state index >= 15 is 0 Å². The number of allylic oxidation sites excluding steroid dienone is 1. The van der Waals surface area contributed by atoms with Crippen LogP contribution in [-0.4, -0.2) is 19.1 Å². The molecule has 0 saturated heterocycles. The molecule has 0 saturated carbocycles. The maximum absolute atomic E-state index is 9.18. The summed E-state index contributed by atoms with van der Waals surface area (Å²) in [5.74, 6) is 0. The molecule has 0 aliphatic rings. The molecule has 1 aromatic heterocycles. The monoisotopic (exact) mass is 280 g/mol. The molecule has 0 amide bonds. The zero-order chi connectivity index (χ0) is 14.5. The third-order valence-electron chi connectivity index (χ3n) is 2.66. The molecular formula is C15H12N4S. The summed E-state index contributed by atoms with van der Waals surface area (Å²) in [7, 11) is 3.81. The van der Waals surface area contributed by atoms with E-state index in [9.17, 15) is 10.5 Å². The van der Waals surface area contributed by atoms with Crippen LogP contribution >= 0.6 is 11.3 Å². The second-order valence-corrected chi connectivity index (χ2v) is 5.25. The molecule has 0 radical (unpaired) electrons. The Morgan fingerprint density at radius 3 is 2.30 bits per heavy atom. The van der Waals surface area contributed by atoms with Gasteiger partial charge in [0.05, 0.1) is 4.88 Å². The first-order valence-corrected chi connectivity index (χ1v) is 6.72. The third-order valence-corrected chi connectivity index (χ3v) is 3.84. The predicted molar refractivity (Wildman–Crippen MR) is 80.1 cm³/mol. The van der Waals surface area contributed by atoms with Crippen LogP contribution in [0.2, 0.25) is 0 Å². The zero-order valence-corrected chi connectivity index (χ0v) is 12.0. The average molecular weight is 280 g/mol. The van der Waals surface area contributed by atoms with Gasteiger partial charge in [0.15, 0.2) is 5.13 Å². The van der Waals surface area contributed by atoms with Crippen LogP contribution < -0.4 is 4.90 Å². The highest BCUT2D eigenvalue weighted by atomic mass is 32.1. The topological polar surface area (TPSA) is 63.7 Å². The van der Waals surface area contributed by atoms with Crippen molar-refractivity contribution < 1.29 is 0 Å². The highest BCUT2D eigenvalue weighted by molar-refractivity contribution is 7.16. The molecule has 1 heterocycles. The minimum atomic E-state index is 0.102. The molecule has 1 aromatic carbocycles. The average Bonchev–Trinajstić information content (AvgIpc) is 2.95. The van der Waals surface area contributed by atoms with Crippen molar-refractivity contribution in [1.82, 2.24) is 4.98 Å². The van der Waals surface area contributed by atoms with Gasteiger partial charge >= 0.3 is 0 Å². The Balaban J connectivity index is 2.63. The maximum Gasteiger partial charge on any atom is 0.185 e. The van der Waals surface area contributed by atoms with E-state index in [1.54, 1.807) is 6.20 Å². The van der Waals surface area contributed by atoms with Gasteiger partial charge in [-0.2, -0.15) is 10.5 Å². The second-order valence-electron chi connectivity index (χ2n) is 4.24. The molecule has 0 bridgehead atoms. The van der Waals surface area contributed by atoms with Gasteiger partial charge in [0, 0.05) is 25.9 Å². The first kappa shape index (κ1) is 13.8. The van der Waals surface area contributed by atoms with E-state index in [0.717, 1.165) is 15.6 Å². The van der Waals surface area contributed by atoms with Crippen molar-refractivity contribution >= 4 is 22.0 Å². The van der Waals surface area contributed by atoms with Gasteiger partial charge in [-0.3, -0.25) is 0 Å². The molecular weight excluding hydrogens is 268 g/mol. The SMILES string of the molecule is CN(C)c1ncc(C(=C(C#N)C#N)c2ccccc2)s1. The highest BCUT2D eigenvalue weighted by Crippen LogP contribution is 2.33. The number of benzene rings is 1. The van der Waals surface area contributed by atoms with Crippen LogP contribution in [0.4, 0.5) is 5.13 Å². The fourth-order valence-corrected chi connectivity index (χ4v) is 2.65. The summed E-state index contributed by atoms with van der Waals surface area (Å²) >= 11 is 1.46. The largest absolute Gasteiger partial charge is 0.354 e. The van der Waals surface area contributed by atoms with Crippen LogP contribution in [0.3, 0.4) is 0 Å². The van der Waals surface area contributed by atoms with Gasteiger partial charge in [0.1, 0.15) is 17.7 Å². The maximum atomic E-state index is 9.18. The van der Waals surface area contributed by atoms with E-state index in [2.05, 4.69) is 4.98 Å². The minimum absolute atomic E-state index is 0.102. The van der Waals surface area contributed by atoms with Gasteiger partial charge in [-0.15, -0.1) is 0 Å². The quantitative estimate of drug-likeness (QED) is 0.811. The number of aromatic nitrogens is 1. The molecule has 2 rings (SSSR count). The van der Waals surface area contributed by atoms with Crippen LogP contribution in [0.1, 0.15) is 10.4 Å². The number of nitrogens with zero attached hydrogens (tertiary/aromatic N) is 4. The normalized spacial score (nSPS) is 9.40. The van der Waals surface area contributed by atoms with Gasteiger partial charge in [0.25, 0.3) is 0 Å². The Kier molecular flexibility index (Phi) is 4.14. The molecule has 5 heteroatoms. The van der Waals surface area contributed by atoms with Crippen molar-refractivity contribution in [2.45, 2.75) is 0 Å².